The van der Waals surface area contributed by atoms with E-state index in [1.165, 1.54) is 75.0 Å². The van der Waals surface area contributed by atoms with Crippen LogP contribution in [0.5, 0.6) is 0 Å². The van der Waals surface area contributed by atoms with E-state index in [0.29, 0.717) is 16.0 Å². The first-order valence-corrected chi connectivity index (χ1v) is 22.1. The third-order valence-electron chi connectivity index (χ3n) is 11.1. The second-order valence-corrected chi connectivity index (χ2v) is 22.3. The van der Waals surface area contributed by atoms with Crippen molar-refractivity contribution in [2.24, 2.45) is 11.8 Å². The molecule has 0 aromatic heterocycles. The SMILES string of the molecule is CC(O[Si](C)(C)C(C)(C)C)C1C(=O)N2C(C(=O)OCc3ccc([N+](=O)[O-])cc3)=C(SC3CC(C(=O)N(C)C)N(C(=O)OCc4ccc([N+](=O)[O-])cc4)C3)C(C)C12. The minimum absolute atomic E-state index is 0.0982. The third kappa shape index (κ3) is 8.61. The maximum absolute atomic E-state index is 14.0. The number of esters is 1. The number of likely N-dealkylation sites (tertiary alicyclic amines) is 1. The Morgan fingerprint density at radius 1 is 0.946 bits per heavy atom. The molecule has 6 unspecified atom stereocenters. The van der Waals surface area contributed by atoms with E-state index in [1.807, 2.05) is 13.8 Å². The average Bonchev–Trinajstić information content (AvgIpc) is 3.65. The number of non-ortho nitro benzene ring substituents is 2. The van der Waals surface area contributed by atoms with Crippen LogP contribution in [0.25, 0.3) is 0 Å². The summed E-state index contributed by atoms with van der Waals surface area (Å²) in [5, 5.41) is 21.7. The summed E-state index contributed by atoms with van der Waals surface area (Å²) in [6.07, 6.45) is -0.926. The summed E-state index contributed by atoms with van der Waals surface area (Å²) in [6, 6.07) is 9.97. The van der Waals surface area contributed by atoms with Gasteiger partial charge in [0.15, 0.2) is 8.32 Å². The molecule has 2 fully saturated rings. The van der Waals surface area contributed by atoms with E-state index in [-0.39, 0.29) is 71.3 Å². The number of hydrogen-bond donors (Lipinski definition) is 0. The van der Waals surface area contributed by atoms with E-state index in [4.69, 9.17) is 13.9 Å². The maximum Gasteiger partial charge on any atom is 0.410 e. The molecule has 16 nitrogen and oxygen atoms in total. The normalized spacial score (nSPS) is 22.7. The maximum atomic E-state index is 14.0. The van der Waals surface area contributed by atoms with Crippen LogP contribution in [0, 0.1) is 32.1 Å². The summed E-state index contributed by atoms with van der Waals surface area (Å²) in [7, 11) is 0.909. The van der Waals surface area contributed by atoms with Crippen LogP contribution in [0.4, 0.5) is 16.2 Å². The highest BCUT2D eigenvalue weighted by Crippen LogP contribution is 2.53. The molecule has 0 bridgehead atoms. The lowest BCUT2D eigenvalue weighted by molar-refractivity contribution is -0.385. The fraction of sp³-hybridized carbons (Fsp3) is 0.526. The van der Waals surface area contributed by atoms with Crippen molar-refractivity contribution in [3.8, 4) is 0 Å². The van der Waals surface area contributed by atoms with Crippen LogP contribution in [0.2, 0.25) is 18.1 Å². The number of ether oxygens (including phenoxy) is 2. The zero-order chi connectivity index (χ0) is 41.4. The molecule has 2 aromatic carbocycles. The second kappa shape index (κ2) is 16.3. The van der Waals surface area contributed by atoms with E-state index in [9.17, 15) is 39.4 Å². The molecule has 6 atom stereocenters. The van der Waals surface area contributed by atoms with Gasteiger partial charge in [-0.2, -0.15) is 0 Å². The van der Waals surface area contributed by atoms with Crippen molar-refractivity contribution in [1.29, 1.82) is 0 Å². The molecule has 5 rings (SSSR count). The molecule has 56 heavy (non-hydrogen) atoms. The highest BCUT2D eigenvalue weighted by molar-refractivity contribution is 8.03. The zero-order valence-corrected chi connectivity index (χ0v) is 34.9. The van der Waals surface area contributed by atoms with Crippen LogP contribution in [0.15, 0.2) is 59.1 Å². The van der Waals surface area contributed by atoms with Gasteiger partial charge in [-0.1, -0.05) is 27.7 Å². The molecule has 3 amide bonds. The van der Waals surface area contributed by atoms with Crippen LogP contribution in [-0.2, 0) is 41.5 Å². The largest absolute Gasteiger partial charge is 0.456 e. The molecule has 2 saturated heterocycles. The van der Waals surface area contributed by atoms with Crippen molar-refractivity contribution >= 4 is 55.3 Å². The topological polar surface area (TPSA) is 192 Å². The monoisotopic (exact) mass is 811 g/mol. The van der Waals surface area contributed by atoms with Crippen LogP contribution in [-0.4, -0.2) is 101 Å². The number of carbonyl (C=O) groups excluding carboxylic acids is 4. The summed E-state index contributed by atoms with van der Waals surface area (Å²) >= 11 is 1.33. The van der Waals surface area contributed by atoms with Crippen LogP contribution < -0.4 is 0 Å². The standard InChI is InChI=1S/C38H49N5O11SSi/c1-22-31-30(23(2)54-56(8,9)38(3,4)5)35(45)41(31)32(36(46)52-20-24-10-14-26(15-11-24)42(48)49)33(22)55-28-18-29(34(44)39(6)7)40(19-28)37(47)53-21-25-12-16-27(17-13-25)43(50)51/h10-17,22-23,28-31H,18-21H2,1-9H3. The Kier molecular flexibility index (Phi) is 12.4. The number of amides is 3. The number of benzene rings is 2. The summed E-state index contributed by atoms with van der Waals surface area (Å²) in [5.74, 6) is -2.14. The average molecular weight is 812 g/mol. The van der Waals surface area contributed by atoms with Gasteiger partial charge in [0.05, 0.1) is 27.9 Å². The van der Waals surface area contributed by atoms with Gasteiger partial charge in [-0.15, -0.1) is 11.8 Å². The number of likely N-dealkylation sites (N-methyl/N-ethyl adjacent to an activating group) is 1. The quantitative estimate of drug-likeness (QED) is 0.0728. The Morgan fingerprint density at radius 3 is 1.95 bits per heavy atom. The molecule has 3 aliphatic rings. The molecule has 0 saturated carbocycles. The number of carbonyl (C=O) groups is 4. The van der Waals surface area contributed by atoms with Crippen molar-refractivity contribution in [3.05, 3.63) is 90.5 Å². The van der Waals surface area contributed by atoms with E-state index >= 15 is 0 Å². The molecule has 0 spiro atoms. The van der Waals surface area contributed by atoms with Gasteiger partial charge in [0, 0.05) is 61.0 Å². The first kappa shape index (κ1) is 42.3. The first-order chi connectivity index (χ1) is 26.1. The van der Waals surface area contributed by atoms with Gasteiger partial charge < -0.3 is 23.7 Å². The van der Waals surface area contributed by atoms with Gasteiger partial charge in [-0.25, -0.2) is 9.59 Å². The highest BCUT2D eigenvalue weighted by Gasteiger charge is 2.62. The Bertz CT molecular complexity index is 1920. The van der Waals surface area contributed by atoms with Gasteiger partial charge in [0.2, 0.25) is 11.8 Å². The smallest absolute Gasteiger partial charge is 0.410 e. The number of β-lactam (4-membered cyclic amide) rings is 1. The van der Waals surface area contributed by atoms with Crippen molar-refractivity contribution < 1.29 is 42.9 Å². The molecule has 0 N–H and O–H groups in total. The van der Waals surface area contributed by atoms with Gasteiger partial charge in [-0.05, 0) is 66.9 Å². The minimum atomic E-state index is -2.27. The molecular formula is C38H49N5O11SSi. The van der Waals surface area contributed by atoms with Crippen molar-refractivity contribution in [2.75, 3.05) is 20.6 Å². The summed E-state index contributed by atoms with van der Waals surface area (Å²) < 4.78 is 18.0. The zero-order valence-electron chi connectivity index (χ0n) is 33.0. The van der Waals surface area contributed by atoms with Crippen molar-refractivity contribution in [1.82, 2.24) is 14.7 Å². The first-order valence-electron chi connectivity index (χ1n) is 18.3. The van der Waals surface area contributed by atoms with E-state index in [0.717, 1.165) is 0 Å². The molecule has 3 heterocycles. The predicted octanol–water partition coefficient (Wildman–Crippen LogP) is 6.25. The predicted molar refractivity (Wildman–Crippen MR) is 209 cm³/mol. The van der Waals surface area contributed by atoms with Crippen LogP contribution in [0.3, 0.4) is 0 Å². The summed E-state index contributed by atoms with van der Waals surface area (Å²) in [4.78, 5) is 80.9. The Hall–Kier alpha value is -4.81. The van der Waals surface area contributed by atoms with Gasteiger partial charge in [0.1, 0.15) is 25.0 Å². The van der Waals surface area contributed by atoms with E-state index < -0.39 is 54.3 Å². The second-order valence-electron chi connectivity index (χ2n) is 16.2. The number of hydrogen-bond acceptors (Lipinski definition) is 12. The van der Waals surface area contributed by atoms with Crippen molar-refractivity contribution in [2.45, 2.75) is 95.8 Å². The fourth-order valence-corrected chi connectivity index (χ4v) is 9.99. The van der Waals surface area contributed by atoms with Crippen molar-refractivity contribution in [3.63, 3.8) is 0 Å². The lowest BCUT2D eigenvalue weighted by atomic mass is 9.79. The molecule has 3 aliphatic heterocycles. The van der Waals surface area contributed by atoms with Crippen LogP contribution >= 0.6 is 11.8 Å². The lowest BCUT2D eigenvalue weighted by Crippen LogP contribution is -2.65. The van der Waals surface area contributed by atoms with E-state index in [2.05, 4.69) is 33.9 Å². The fourth-order valence-electron chi connectivity index (χ4n) is 7.04. The molecular weight excluding hydrogens is 763 g/mol. The number of fused-ring (bicyclic) bond motifs is 1. The molecule has 0 radical (unpaired) electrons. The summed E-state index contributed by atoms with van der Waals surface area (Å²) in [6.45, 7) is 14.2. The minimum Gasteiger partial charge on any atom is -0.456 e. The molecule has 2 aromatic rings. The molecule has 18 heteroatoms. The van der Waals surface area contributed by atoms with E-state index in [1.54, 1.807) is 14.1 Å². The number of rotatable bonds is 13. The van der Waals surface area contributed by atoms with Gasteiger partial charge >= 0.3 is 12.1 Å². The lowest BCUT2D eigenvalue weighted by Gasteiger charge is -2.50. The number of thioether (sulfide) groups is 1. The molecule has 302 valence electrons. The van der Waals surface area contributed by atoms with Crippen LogP contribution in [0.1, 0.15) is 52.2 Å². The molecule has 0 aliphatic carbocycles. The van der Waals surface area contributed by atoms with Gasteiger partial charge in [0.25, 0.3) is 11.4 Å². The Morgan fingerprint density at radius 2 is 1.46 bits per heavy atom. The summed E-state index contributed by atoms with van der Waals surface area (Å²) in [5.41, 5.74) is 0.949. The highest BCUT2D eigenvalue weighted by atomic mass is 32.2. The number of nitro benzene ring substituents is 2. The van der Waals surface area contributed by atoms with Gasteiger partial charge in [-0.3, -0.25) is 34.7 Å². The number of nitro groups is 2. The Labute approximate surface area is 330 Å². The Balaban J connectivity index is 1.40. The number of nitrogens with zero attached hydrogens (tertiary/aromatic N) is 5. The third-order valence-corrected chi connectivity index (χ3v) is 17.2.